The number of anilines is 1. The second kappa shape index (κ2) is 9.67. The van der Waals surface area contributed by atoms with Crippen LogP contribution in [0.3, 0.4) is 0 Å². The number of quaternary nitrogens is 1. The largest absolute Gasteiger partial charge is 0.321 e. The van der Waals surface area contributed by atoms with Crippen molar-refractivity contribution in [3.8, 4) is 0 Å². The molecule has 1 unspecified atom stereocenters. The number of nitrogens with one attached hydrogen (secondary N) is 3. The molecule has 6 nitrogen and oxygen atoms in total. The van der Waals surface area contributed by atoms with E-state index in [1.807, 2.05) is 37.3 Å². The summed E-state index contributed by atoms with van der Waals surface area (Å²) in [5, 5.41) is 4.14. The maximum absolute atomic E-state index is 12.7. The summed E-state index contributed by atoms with van der Waals surface area (Å²) in [6.07, 6.45) is 2.01. The van der Waals surface area contributed by atoms with Crippen molar-refractivity contribution in [3.63, 3.8) is 0 Å². The molecule has 0 aliphatic carbocycles. The second-order valence-corrected chi connectivity index (χ2v) is 7.60. The first kappa shape index (κ1) is 21.0. The van der Waals surface area contributed by atoms with Crippen molar-refractivity contribution < 1.29 is 9.69 Å². The lowest BCUT2D eigenvalue weighted by atomic mass is 10.2. The number of hydrogen-bond donors (Lipinski definition) is 3. The van der Waals surface area contributed by atoms with Crippen LogP contribution in [0.4, 0.5) is 5.69 Å². The fraction of sp³-hybridized carbons (Fsp3) is 0.318. The number of hydrogen-bond acceptors (Lipinski definition) is 3. The lowest BCUT2D eigenvalue weighted by Gasteiger charge is -2.19. The van der Waals surface area contributed by atoms with E-state index in [9.17, 15) is 9.59 Å². The van der Waals surface area contributed by atoms with Crippen LogP contribution in [-0.4, -0.2) is 29.0 Å². The number of fused-ring (bicyclic) bond motifs is 1. The molecule has 1 amide bonds. The monoisotopic (exact) mass is 413 g/mol. The summed E-state index contributed by atoms with van der Waals surface area (Å²) in [5.41, 5.74) is 2.08. The van der Waals surface area contributed by atoms with Crippen LogP contribution >= 0.6 is 11.6 Å². The zero-order valence-corrected chi connectivity index (χ0v) is 17.5. The van der Waals surface area contributed by atoms with Crippen molar-refractivity contribution in [1.29, 1.82) is 0 Å². The van der Waals surface area contributed by atoms with E-state index in [1.54, 1.807) is 12.1 Å². The predicted octanol–water partition coefficient (Wildman–Crippen LogP) is 2.71. The highest BCUT2D eigenvalue weighted by Crippen LogP contribution is 2.22. The maximum atomic E-state index is 12.7. The summed E-state index contributed by atoms with van der Waals surface area (Å²) in [5.74, 6) is 0.496. The summed E-state index contributed by atoms with van der Waals surface area (Å²) in [6.45, 7) is 5.56. The van der Waals surface area contributed by atoms with E-state index < -0.39 is 0 Å². The number of aromatic amines is 1. The quantitative estimate of drug-likeness (QED) is 0.531. The number of benzene rings is 2. The van der Waals surface area contributed by atoms with Gasteiger partial charge in [-0.1, -0.05) is 43.1 Å². The number of halogens is 1. The molecule has 29 heavy (non-hydrogen) atoms. The molecule has 1 aromatic heterocycles. The topological polar surface area (TPSA) is 79.3 Å². The number of carbonyl (C=O) groups is 1. The number of nitrogens with zero attached hydrogens (tertiary/aromatic N) is 1. The number of aromatic nitrogens is 2. The molecule has 0 spiro atoms. The fourth-order valence-electron chi connectivity index (χ4n) is 3.29. The molecule has 3 N–H and O–H groups in total. The Balaban J connectivity index is 1.75. The molecule has 0 saturated carbocycles. The summed E-state index contributed by atoms with van der Waals surface area (Å²) in [7, 11) is 0. The van der Waals surface area contributed by atoms with Gasteiger partial charge in [0.05, 0.1) is 17.4 Å². The molecule has 0 aliphatic heterocycles. The SMILES string of the molecule is CCCC[NH+](CC(=O)Nc1cccc(Cl)c1C)Cc1nc2ccccc2c(=O)[nH]1. The van der Waals surface area contributed by atoms with Gasteiger partial charge in [-0.2, -0.15) is 0 Å². The van der Waals surface area contributed by atoms with Crippen LogP contribution < -0.4 is 15.8 Å². The van der Waals surface area contributed by atoms with Crippen molar-refractivity contribution in [2.45, 2.75) is 33.2 Å². The smallest absolute Gasteiger partial charge is 0.279 e. The normalized spacial score (nSPS) is 12.1. The third-order valence-corrected chi connectivity index (χ3v) is 5.33. The fourth-order valence-corrected chi connectivity index (χ4v) is 3.46. The predicted molar refractivity (Wildman–Crippen MR) is 116 cm³/mol. The lowest BCUT2D eigenvalue weighted by molar-refractivity contribution is -0.906. The van der Waals surface area contributed by atoms with Gasteiger partial charge in [-0.05, 0) is 43.2 Å². The highest BCUT2D eigenvalue weighted by atomic mass is 35.5. The van der Waals surface area contributed by atoms with Crippen LogP contribution in [0.2, 0.25) is 5.02 Å². The van der Waals surface area contributed by atoms with Gasteiger partial charge in [-0.15, -0.1) is 0 Å². The van der Waals surface area contributed by atoms with Crippen LogP contribution in [0.5, 0.6) is 0 Å². The first-order valence-electron chi connectivity index (χ1n) is 9.84. The Morgan fingerprint density at radius 2 is 2.00 bits per heavy atom. The maximum Gasteiger partial charge on any atom is 0.279 e. The first-order chi connectivity index (χ1) is 14.0. The van der Waals surface area contributed by atoms with Gasteiger partial charge < -0.3 is 15.2 Å². The van der Waals surface area contributed by atoms with Gasteiger partial charge in [0.15, 0.2) is 12.4 Å². The molecule has 1 heterocycles. The average molecular weight is 414 g/mol. The standard InChI is InChI=1S/C22H25ClN4O2/c1-3-4-12-27(14-21(28)25-18-11-7-9-17(23)15(18)2)13-20-24-19-10-6-5-8-16(19)22(29)26-20/h5-11H,3-4,12-14H2,1-2H3,(H,25,28)(H,24,26,29)/p+1. The Morgan fingerprint density at radius 1 is 1.21 bits per heavy atom. The number of rotatable bonds is 8. The van der Waals surface area contributed by atoms with Gasteiger partial charge in [-0.25, -0.2) is 4.98 Å². The van der Waals surface area contributed by atoms with E-state index in [-0.39, 0.29) is 18.0 Å². The van der Waals surface area contributed by atoms with Gasteiger partial charge in [0, 0.05) is 10.7 Å². The van der Waals surface area contributed by atoms with Crippen LogP contribution in [0.1, 0.15) is 31.2 Å². The van der Waals surface area contributed by atoms with Crippen molar-refractivity contribution in [1.82, 2.24) is 9.97 Å². The number of para-hydroxylation sites is 1. The van der Waals surface area contributed by atoms with E-state index in [4.69, 9.17) is 11.6 Å². The molecule has 0 aliphatic rings. The molecule has 152 valence electrons. The van der Waals surface area contributed by atoms with Gasteiger partial charge in [-0.3, -0.25) is 9.59 Å². The Bertz CT molecular complexity index is 1060. The summed E-state index contributed by atoms with van der Waals surface area (Å²) >= 11 is 6.14. The molecule has 3 rings (SSSR count). The highest BCUT2D eigenvalue weighted by Gasteiger charge is 2.17. The molecule has 0 fully saturated rings. The Kier molecular flexibility index (Phi) is 7.01. The minimum atomic E-state index is -0.153. The second-order valence-electron chi connectivity index (χ2n) is 7.20. The Morgan fingerprint density at radius 3 is 2.79 bits per heavy atom. The van der Waals surface area contributed by atoms with Crippen LogP contribution in [0, 0.1) is 6.92 Å². The van der Waals surface area contributed by atoms with Crippen LogP contribution in [-0.2, 0) is 11.3 Å². The third kappa shape index (κ3) is 5.43. The summed E-state index contributed by atoms with van der Waals surface area (Å²) < 4.78 is 0. The summed E-state index contributed by atoms with van der Waals surface area (Å²) in [6, 6.07) is 12.7. The van der Waals surface area contributed by atoms with Gasteiger partial charge >= 0.3 is 0 Å². The molecule has 0 radical (unpaired) electrons. The van der Waals surface area contributed by atoms with Crippen LogP contribution in [0.25, 0.3) is 10.9 Å². The third-order valence-electron chi connectivity index (χ3n) is 4.92. The van der Waals surface area contributed by atoms with Gasteiger partial charge in [0.25, 0.3) is 11.5 Å². The van der Waals surface area contributed by atoms with Crippen LogP contribution in [0.15, 0.2) is 47.3 Å². The average Bonchev–Trinajstić information content (AvgIpc) is 2.69. The van der Waals surface area contributed by atoms with Crippen molar-refractivity contribution in [2.24, 2.45) is 0 Å². The number of unbranched alkanes of at least 4 members (excludes halogenated alkanes) is 1. The number of amides is 1. The molecule has 7 heteroatoms. The molecular formula is C22H26ClN4O2+. The zero-order valence-electron chi connectivity index (χ0n) is 16.7. The number of carbonyl (C=O) groups excluding carboxylic acids is 1. The lowest BCUT2D eigenvalue weighted by Crippen LogP contribution is -3.12. The minimum Gasteiger partial charge on any atom is -0.321 e. The molecule has 0 bridgehead atoms. The van der Waals surface area contributed by atoms with Crippen molar-refractivity contribution in [3.05, 3.63) is 69.2 Å². The van der Waals surface area contributed by atoms with Gasteiger partial charge in [0.2, 0.25) is 0 Å². The molecule has 0 saturated heterocycles. The molecule has 1 atom stereocenters. The van der Waals surface area contributed by atoms with Crippen molar-refractivity contribution >= 4 is 34.1 Å². The first-order valence-corrected chi connectivity index (χ1v) is 10.2. The van der Waals surface area contributed by atoms with E-state index >= 15 is 0 Å². The molecule has 3 aromatic rings. The van der Waals surface area contributed by atoms with Crippen molar-refractivity contribution in [2.75, 3.05) is 18.4 Å². The van der Waals surface area contributed by atoms with E-state index in [1.165, 1.54) is 0 Å². The highest BCUT2D eigenvalue weighted by molar-refractivity contribution is 6.31. The Labute approximate surface area is 174 Å². The van der Waals surface area contributed by atoms with E-state index in [0.29, 0.717) is 28.3 Å². The molecule has 2 aromatic carbocycles. The summed E-state index contributed by atoms with van der Waals surface area (Å²) in [4.78, 5) is 33.5. The number of H-pyrrole nitrogens is 1. The van der Waals surface area contributed by atoms with E-state index in [0.717, 1.165) is 35.5 Å². The minimum absolute atomic E-state index is 0.0930. The Hall–Kier alpha value is -2.70. The van der Waals surface area contributed by atoms with Gasteiger partial charge in [0.1, 0.15) is 6.54 Å². The van der Waals surface area contributed by atoms with E-state index in [2.05, 4.69) is 22.2 Å². The zero-order chi connectivity index (χ0) is 20.8. The molecular weight excluding hydrogens is 388 g/mol.